The van der Waals surface area contributed by atoms with Crippen molar-refractivity contribution < 1.29 is 4.43 Å². The van der Waals surface area contributed by atoms with Crippen molar-refractivity contribution in [3.05, 3.63) is 24.3 Å². The van der Waals surface area contributed by atoms with Crippen molar-refractivity contribution in [2.45, 2.75) is 110 Å². The molecule has 0 radical (unpaired) electrons. The largest absolute Gasteiger partial charge is 0.417 e. The molecule has 2 heteroatoms. The molecule has 0 aliphatic rings. The van der Waals surface area contributed by atoms with Crippen LogP contribution in [0.2, 0.25) is 18.1 Å². The van der Waals surface area contributed by atoms with Crippen molar-refractivity contribution in [1.29, 1.82) is 0 Å². The van der Waals surface area contributed by atoms with Gasteiger partial charge in [-0.05, 0) is 43.8 Å². The third-order valence-electron chi connectivity index (χ3n) is 5.12. The molecule has 0 N–H and O–H groups in total. The van der Waals surface area contributed by atoms with Crippen LogP contribution in [0.5, 0.6) is 0 Å². The van der Waals surface area contributed by atoms with Gasteiger partial charge in [0.05, 0.1) is 0 Å². The first-order valence-electron chi connectivity index (χ1n) is 10.3. The van der Waals surface area contributed by atoms with Crippen molar-refractivity contribution in [3.8, 4) is 0 Å². The van der Waals surface area contributed by atoms with Gasteiger partial charge in [0, 0.05) is 6.61 Å². The molecule has 0 spiro atoms. The fourth-order valence-corrected chi connectivity index (χ4v) is 3.40. The maximum atomic E-state index is 6.23. The van der Waals surface area contributed by atoms with Gasteiger partial charge < -0.3 is 4.43 Å². The quantitative estimate of drug-likeness (QED) is 0.174. The highest BCUT2D eigenvalue weighted by atomic mass is 28.4. The molecule has 0 aliphatic carbocycles. The molecule has 1 nitrogen and oxygen atoms in total. The molecular weight excluding hydrogens is 308 g/mol. The van der Waals surface area contributed by atoms with E-state index < -0.39 is 8.32 Å². The molecule has 24 heavy (non-hydrogen) atoms. The smallest absolute Gasteiger partial charge is 0.191 e. The van der Waals surface area contributed by atoms with E-state index in [1.807, 2.05) is 0 Å². The number of rotatable bonds is 14. The Morgan fingerprint density at radius 2 is 1.25 bits per heavy atom. The summed E-state index contributed by atoms with van der Waals surface area (Å²) in [4.78, 5) is 0. The second-order valence-corrected chi connectivity index (χ2v) is 13.3. The Morgan fingerprint density at radius 1 is 0.750 bits per heavy atom. The second-order valence-electron chi connectivity index (χ2n) is 8.52. The summed E-state index contributed by atoms with van der Waals surface area (Å²) in [5.74, 6) is 0. The summed E-state index contributed by atoms with van der Waals surface area (Å²) in [7, 11) is -1.52. The zero-order valence-electron chi connectivity index (χ0n) is 17.5. The zero-order chi connectivity index (χ0) is 18.3. The molecule has 142 valence electrons. The van der Waals surface area contributed by atoms with Gasteiger partial charge >= 0.3 is 0 Å². The van der Waals surface area contributed by atoms with E-state index in [4.69, 9.17) is 4.43 Å². The summed E-state index contributed by atoms with van der Waals surface area (Å²) in [5.41, 5.74) is 0. The zero-order valence-corrected chi connectivity index (χ0v) is 18.5. The maximum absolute atomic E-state index is 6.23. The highest BCUT2D eigenvalue weighted by Gasteiger charge is 2.36. The average molecular weight is 353 g/mol. The molecule has 0 bridgehead atoms. The summed E-state index contributed by atoms with van der Waals surface area (Å²) >= 11 is 0. The fraction of sp³-hybridized carbons (Fsp3) is 0.818. The third-order valence-corrected chi connectivity index (χ3v) is 9.66. The van der Waals surface area contributed by atoms with Gasteiger partial charge in [-0.15, -0.1) is 0 Å². The lowest BCUT2D eigenvalue weighted by Gasteiger charge is -2.36. The van der Waals surface area contributed by atoms with E-state index in [0.717, 1.165) is 6.61 Å². The van der Waals surface area contributed by atoms with E-state index in [0.29, 0.717) is 5.04 Å². The minimum absolute atomic E-state index is 0.341. The Bertz CT molecular complexity index is 336. The summed E-state index contributed by atoms with van der Waals surface area (Å²) in [6.07, 6.45) is 22.1. The Hall–Kier alpha value is -0.343. The Balaban J connectivity index is 3.38. The van der Waals surface area contributed by atoms with Gasteiger partial charge in [0.15, 0.2) is 8.32 Å². The Labute approximate surface area is 154 Å². The summed E-state index contributed by atoms with van der Waals surface area (Å²) in [6.45, 7) is 14.8. The first-order valence-corrected chi connectivity index (χ1v) is 13.2. The second kappa shape index (κ2) is 13.9. The lowest BCUT2D eigenvalue weighted by Crippen LogP contribution is -2.40. The van der Waals surface area contributed by atoms with Crippen LogP contribution >= 0.6 is 0 Å². The van der Waals surface area contributed by atoms with E-state index >= 15 is 0 Å². The van der Waals surface area contributed by atoms with E-state index in [1.54, 1.807) is 0 Å². The van der Waals surface area contributed by atoms with Crippen LogP contribution in [0.25, 0.3) is 0 Å². The molecule has 0 aromatic heterocycles. The van der Waals surface area contributed by atoms with Crippen molar-refractivity contribution in [2.75, 3.05) is 6.61 Å². The minimum Gasteiger partial charge on any atom is -0.417 e. The Kier molecular flexibility index (Phi) is 13.7. The normalized spacial score (nSPS) is 13.4. The summed E-state index contributed by atoms with van der Waals surface area (Å²) in [6, 6.07) is 0. The predicted molar refractivity (Wildman–Crippen MR) is 113 cm³/mol. The van der Waals surface area contributed by atoms with Gasteiger partial charge in [-0.2, -0.15) is 0 Å². The standard InChI is InChI=1S/C22H44OSi/c1-7-8-9-10-11-12-13-14-15-16-17-18-19-20-21-23-24(5,6)22(2,3)4/h9-12H,7-8,13-21H2,1-6H3/b10-9-,12-11+. The number of allylic oxidation sites excluding steroid dienone is 4. The van der Waals surface area contributed by atoms with Gasteiger partial charge in [0.2, 0.25) is 0 Å². The van der Waals surface area contributed by atoms with Crippen LogP contribution in [0.15, 0.2) is 24.3 Å². The van der Waals surface area contributed by atoms with E-state index in [1.165, 1.54) is 64.2 Å². The molecule has 0 aliphatic heterocycles. The molecule has 0 saturated carbocycles. The van der Waals surface area contributed by atoms with Crippen LogP contribution in [0, 0.1) is 0 Å². The third kappa shape index (κ3) is 13.0. The topological polar surface area (TPSA) is 9.23 Å². The monoisotopic (exact) mass is 352 g/mol. The van der Waals surface area contributed by atoms with Crippen LogP contribution in [0.4, 0.5) is 0 Å². The first kappa shape index (κ1) is 23.7. The molecule has 0 rings (SSSR count). The van der Waals surface area contributed by atoms with Crippen LogP contribution < -0.4 is 0 Å². The van der Waals surface area contributed by atoms with Crippen molar-refractivity contribution in [2.24, 2.45) is 0 Å². The number of hydrogen-bond acceptors (Lipinski definition) is 1. The molecule has 0 amide bonds. The van der Waals surface area contributed by atoms with Crippen LogP contribution in [0.3, 0.4) is 0 Å². The number of hydrogen-bond donors (Lipinski definition) is 0. The SMILES string of the molecule is CCC/C=C\C=C\CCCCCCCCCO[Si](C)(C)C(C)(C)C. The van der Waals surface area contributed by atoms with Crippen molar-refractivity contribution in [1.82, 2.24) is 0 Å². The lowest BCUT2D eigenvalue weighted by molar-refractivity contribution is 0.277. The first-order chi connectivity index (χ1) is 11.3. The maximum Gasteiger partial charge on any atom is 0.191 e. The van der Waals surface area contributed by atoms with E-state index in [2.05, 4.69) is 65.1 Å². The number of unbranched alkanes of at least 4 members (excludes halogenated alkanes) is 8. The van der Waals surface area contributed by atoms with Crippen molar-refractivity contribution >= 4 is 8.32 Å². The van der Waals surface area contributed by atoms with Crippen LogP contribution in [-0.4, -0.2) is 14.9 Å². The molecule has 0 heterocycles. The molecule has 0 aromatic carbocycles. The molecule has 0 atom stereocenters. The molecule has 0 fully saturated rings. The van der Waals surface area contributed by atoms with E-state index in [9.17, 15) is 0 Å². The highest BCUT2D eigenvalue weighted by Crippen LogP contribution is 2.36. The van der Waals surface area contributed by atoms with Crippen LogP contribution in [-0.2, 0) is 4.43 Å². The molecule has 0 unspecified atom stereocenters. The average Bonchev–Trinajstić information content (AvgIpc) is 2.50. The van der Waals surface area contributed by atoms with Gasteiger partial charge in [-0.1, -0.05) is 90.5 Å². The van der Waals surface area contributed by atoms with Gasteiger partial charge in [-0.3, -0.25) is 0 Å². The fourth-order valence-electron chi connectivity index (χ4n) is 2.31. The highest BCUT2D eigenvalue weighted by molar-refractivity contribution is 6.74. The predicted octanol–water partition coefficient (Wildman–Crippen LogP) is 8.04. The minimum atomic E-state index is -1.52. The Morgan fingerprint density at radius 3 is 1.79 bits per heavy atom. The van der Waals surface area contributed by atoms with Gasteiger partial charge in [-0.25, -0.2) is 0 Å². The van der Waals surface area contributed by atoms with Gasteiger partial charge in [0.1, 0.15) is 0 Å². The summed E-state index contributed by atoms with van der Waals surface area (Å²) < 4.78 is 6.23. The van der Waals surface area contributed by atoms with Crippen molar-refractivity contribution in [3.63, 3.8) is 0 Å². The lowest BCUT2D eigenvalue weighted by atomic mass is 10.1. The molecule has 0 aromatic rings. The molecule has 0 saturated heterocycles. The van der Waals surface area contributed by atoms with Crippen LogP contribution in [0.1, 0.15) is 91.9 Å². The molecular formula is C22H44OSi. The van der Waals surface area contributed by atoms with E-state index in [-0.39, 0.29) is 0 Å². The summed E-state index contributed by atoms with van der Waals surface area (Å²) in [5, 5.41) is 0.341. The van der Waals surface area contributed by atoms with Gasteiger partial charge in [0.25, 0.3) is 0 Å².